The fourth-order valence-corrected chi connectivity index (χ4v) is 1.51. The van der Waals surface area contributed by atoms with Crippen molar-refractivity contribution in [1.29, 1.82) is 0 Å². The van der Waals surface area contributed by atoms with Crippen LogP contribution < -0.4 is 9.47 Å². The standard InChI is InChI=1S/C12H15BrO2/c1-14-11-6-7-12(15-2)10(9-11)5-3-4-8-13/h3,5-7,9H,4,8H2,1-2H3. The zero-order valence-corrected chi connectivity index (χ0v) is 10.6. The van der Waals surface area contributed by atoms with E-state index in [1.165, 1.54) is 0 Å². The Hall–Kier alpha value is -0.960. The molecular formula is C12H15BrO2. The third-order valence-electron chi connectivity index (χ3n) is 2.01. The van der Waals surface area contributed by atoms with E-state index in [9.17, 15) is 0 Å². The number of halogens is 1. The van der Waals surface area contributed by atoms with Crippen molar-refractivity contribution in [2.45, 2.75) is 6.42 Å². The number of ether oxygens (including phenoxy) is 2. The van der Waals surface area contributed by atoms with Gasteiger partial charge in [-0.1, -0.05) is 28.1 Å². The molecule has 0 aliphatic carbocycles. The predicted molar refractivity (Wildman–Crippen MR) is 67.0 cm³/mol. The molecule has 0 aromatic heterocycles. The molecule has 15 heavy (non-hydrogen) atoms. The number of hydrogen-bond donors (Lipinski definition) is 0. The first-order chi connectivity index (χ1) is 7.31. The molecule has 0 radical (unpaired) electrons. The summed E-state index contributed by atoms with van der Waals surface area (Å²) in [5.74, 6) is 1.70. The van der Waals surface area contributed by atoms with E-state index in [1.807, 2.05) is 24.3 Å². The first-order valence-electron chi connectivity index (χ1n) is 4.76. The zero-order chi connectivity index (χ0) is 11.1. The van der Waals surface area contributed by atoms with Crippen molar-refractivity contribution in [3.8, 4) is 11.5 Å². The molecule has 0 saturated heterocycles. The Bertz CT molecular complexity index is 334. The number of benzene rings is 1. The average molecular weight is 271 g/mol. The van der Waals surface area contributed by atoms with Crippen LogP contribution in [-0.2, 0) is 0 Å². The summed E-state index contributed by atoms with van der Waals surface area (Å²) >= 11 is 3.38. The summed E-state index contributed by atoms with van der Waals surface area (Å²) in [6.45, 7) is 0. The predicted octanol–water partition coefficient (Wildman–Crippen LogP) is 3.50. The maximum absolute atomic E-state index is 5.26. The lowest BCUT2D eigenvalue weighted by Crippen LogP contribution is -1.89. The van der Waals surface area contributed by atoms with Crippen molar-refractivity contribution in [3.05, 3.63) is 29.8 Å². The fourth-order valence-electron chi connectivity index (χ4n) is 1.24. The smallest absolute Gasteiger partial charge is 0.126 e. The first kappa shape index (κ1) is 12.1. The van der Waals surface area contributed by atoms with E-state index in [2.05, 4.69) is 22.0 Å². The van der Waals surface area contributed by atoms with Crippen molar-refractivity contribution in [1.82, 2.24) is 0 Å². The average Bonchev–Trinajstić information content (AvgIpc) is 2.29. The topological polar surface area (TPSA) is 18.5 Å². The molecule has 0 N–H and O–H groups in total. The quantitative estimate of drug-likeness (QED) is 0.763. The number of rotatable bonds is 5. The molecule has 0 heterocycles. The molecule has 0 aliphatic heterocycles. The fraction of sp³-hybridized carbons (Fsp3) is 0.333. The van der Waals surface area contributed by atoms with Crippen LogP contribution in [0.4, 0.5) is 0 Å². The zero-order valence-electron chi connectivity index (χ0n) is 9.00. The Labute approximate surface area is 99.0 Å². The van der Waals surface area contributed by atoms with Crippen LogP contribution in [-0.4, -0.2) is 19.5 Å². The summed E-state index contributed by atoms with van der Waals surface area (Å²) in [5, 5.41) is 0.968. The lowest BCUT2D eigenvalue weighted by atomic mass is 10.1. The summed E-state index contributed by atoms with van der Waals surface area (Å²) in [6, 6.07) is 5.76. The van der Waals surface area contributed by atoms with Crippen molar-refractivity contribution < 1.29 is 9.47 Å². The molecule has 1 rings (SSSR count). The minimum atomic E-state index is 0.842. The second kappa shape index (κ2) is 6.51. The van der Waals surface area contributed by atoms with Gasteiger partial charge in [-0.05, 0) is 24.6 Å². The number of methoxy groups -OCH3 is 2. The highest BCUT2D eigenvalue weighted by atomic mass is 79.9. The van der Waals surface area contributed by atoms with E-state index in [4.69, 9.17) is 9.47 Å². The normalized spacial score (nSPS) is 10.6. The summed E-state index contributed by atoms with van der Waals surface area (Å²) < 4.78 is 10.4. The van der Waals surface area contributed by atoms with Gasteiger partial charge in [-0.2, -0.15) is 0 Å². The highest BCUT2D eigenvalue weighted by Gasteiger charge is 2.00. The van der Waals surface area contributed by atoms with Gasteiger partial charge in [0.15, 0.2) is 0 Å². The molecule has 0 aliphatic rings. The monoisotopic (exact) mass is 270 g/mol. The largest absolute Gasteiger partial charge is 0.497 e. The molecule has 1 aromatic rings. The molecule has 0 amide bonds. The molecule has 2 nitrogen and oxygen atoms in total. The SMILES string of the molecule is COc1ccc(OC)c(C=CCCBr)c1. The van der Waals surface area contributed by atoms with Crippen LogP contribution in [0.1, 0.15) is 12.0 Å². The Balaban J connectivity index is 2.90. The van der Waals surface area contributed by atoms with E-state index < -0.39 is 0 Å². The number of alkyl halides is 1. The van der Waals surface area contributed by atoms with Crippen LogP contribution in [0.5, 0.6) is 11.5 Å². The van der Waals surface area contributed by atoms with Gasteiger partial charge in [-0.3, -0.25) is 0 Å². The van der Waals surface area contributed by atoms with Crippen LogP contribution in [0.15, 0.2) is 24.3 Å². The molecule has 0 fully saturated rings. The van der Waals surface area contributed by atoms with E-state index in [1.54, 1.807) is 14.2 Å². The van der Waals surface area contributed by atoms with Gasteiger partial charge in [0, 0.05) is 10.9 Å². The molecule has 3 heteroatoms. The Morgan fingerprint density at radius 2 is 2.07 bits per heavy atom. The molecule has 82 valence electrons. The van der Waals surface area contributed by atoms with Crippen LogP contribution >= 0.6 is 15.9 Å². The third-order valence-corrected chi connectivity index (χ3v) is 2.47. The highest BCUT2D eigenvalue weighted by Crippen LogP contribution is 2.25. The lowest BCUT2D eigenvalue weighted by molar-refractivity contribution is 0.402. The van der Waals surface area contributed by atoms with E-state index in [0.29, 0.717) is 0 Å². The van der Waals surface area contributed by atoms with E-state index in [-0.39, 0.29) is 0 Å². The van der Waals surface area contributed by atoms with Crippen LogP contribution in [0.3, 0.4) is 0 Å². The van der Waals surface area contributed by atoms with Gasteiger partial charge in [0.25, 0.3) is 0 Å². The highest BCUT2D eigenvalue weighted by molar-refractivity contribution is 9.09. The molecule has 0 unspecified atom stereocenters. The lowest BCUT2D eigenvalue weighted by Gasteiger charge is -2.06. The van der Waals surface area contributed by atoms with Gasteiger partial charge in [-0.25, -0.2) is 0 Å². The van der Waals surface area contributed by atoms with Crippen molar-refractivity contribution in [3.63, 3.8) is 0 Å². The summed E-state index contributed by atoms with van der Waals surface area (Å²) in [6.07, 6.45) is 5.15. The van der Waals surface area contributed by atoms with Gasteiger partial charge in [0.05, 0.1) is 14.2 Å². The maximum atomic E-state index is 5.26. The Morgan fingerprint density at radius 1 is 1.27 bits per heavy atom. The van der Waals surface area contributed by atoms with E-state index >= 15 is 0 Å². The Morgan fingerprint density at radius 3 is 2.67 bits per heavy atom. The molecule has 1 aromatic carbocycles. The number of hydrogen-bond acceptors (Lipinski definition) is 2. The van der Waals surface area contributed by atoms with Crippen LogP contribution in [0, 0.1) is 0 Å². The van der Waals surface area contributed by atoms with Gasteiger partial charge < -0.3 is 9.47 Å². The first-order valence-corrected chi connectivity index (χ1v) is 5.88. The van der Waals surface area contributed by atoms with E-state index in [0.717, 1.165) is 28.8 Å². The second-order valence-corrected chi connectivity index (χ2v) is 3.78. The second-order valence-electron chi connectivity index (χ2n) is 2.99. The van der Waals surface area contributed by atoms with Gasteiger partial charge >= 0.3 is 0 Å². The van der Waals surface area contributed by atoms with Crippen molar-refractivity contribution >= 4 is 22.0 Å². The summed E-state index contributed by atoms with van der Waals surface area (Å²) in [5.41, 5.74) is 1.04. The summed E-state index contributed by atoms with van der Waals surface area (Å²) in [7, 11) is 3.33. The van der Waals surface area contributed by atoms with Gasteiger partial charge in [0.2, 0.25) is 0 Å². The minimum absolute atomic E-state index is 0.842. The molecule has 0 atom stereocenters. The molecule has 0 bridgehead atoms. The summed E-state index contributed by atoms with van der Waals surface area (Å²) in [4.78, 5) is 0. The van der Waals surface area contributed by atoms with Crippen molar-refractivity contribution in [2.24, 2.45) is 0 Å². The van der Waals surface area contributed by atoms with Crippen LogP contribution in [0.25, 0.3) is 6.08 Å². The third kappa shape index (κ3) is 3.59. The minimum Gasteiger partial charge on any atom is -0.497 e. The Kier molecular flexibility index (Phi) is 5.26. The van der Waals surface area contributed by atoms with Crippen LogP contribution in [0.2, 0.25) is 0 Å². The molecular weight excluding hydrogens is 256 g/mol. The van der Waals surface area contributed by atoms with Crippen molar-refractivity contribution in [2.75, 3.05) is 19.5 Å². The maximum Gasteiger partial charge on any atom is 0.126 e. The molecule has 0 spiro atoms. The van der Waals surface area contributed by atoms with Gasteiger partial charge in [-0.15, -0.1) is 0 Å². The van der Waals surface area contributed by atoms with Gasteiger partial charge in [0.1, 0.15) is 11.5 Å². The number of allylic oxidation sites excluding steroid dienone is 1. The molecule has 0 saturated carbocycles.